The number of aromatic hydroxyl groups is 1. The second-order valence-corrected chi connectivity index (χ2v) is 5.80. The van der Waals surface area contributed by atoms with Crippen molar-refractivity contribution in [3.05, 3.63) is 70.5 Å². The second-order valence-electron chi connectivity index (χ2n) is 5.80. The van der Waals surface area contributed by atoms with Crippen molar-refractivity contribution in [2.45, 2.75) is 0 Å². The lowest BCUT2D eigenvalue weighted by atomic mass is 9.94. The van der Waals surface area contributed by atoms with Gasteiger partial charge in [0.2, 0.25) is 0 Å². The molecule has 3 aromatic carbocycles. The topological polar surface area (TPSA) is 103 Å². The van der Waals surface area contributed by atoms with E-state index in [-0.39, 0.29) is 11.4 Å². The van der Waals surface area contributed by atoms with Crippen molar-refractivity contribution in [3.63, 3.8) is 0 Å². The van der Waals surface area contributed by atoms with E-state index in [0.717, 1.165) is 10.8 Å². The number of nitrogens with two attached hydrogens (primary N) is 1. The van der Waals surface area contributed by atoms with Gasteiger partial charge in [-0.1, -0.05) is 36.4 Å². The normalized spacial score (nSPS) is 10.8. The van der Waals surface area contributed by atoms with Gasteiger partial charge in [-0.25, -0.2) is 0 Å². The van der Waals surface area contributed by atoms with Crippen molar-refractivity contribution < 1.29 is 5.11 Å². The minimum absolute atomic E-state index is 0.0530. The highest BCUT2D eigenvalue weighted by atomic mass is 16.3. The standard InChI is InChI=1S/C20H13N3O2/c21-10-12-9-16-17(11-4-3-5-13(24)8-11)18(22)20(25)23-19(16)15-7-2-1-6-14(12)15/h1-9,24H,22H2,(H,23,25). The molecule has 4 rings (SSSR count). The molecule has 1 heterocycles. The zero-order chi connectivity index (χ0) is 17.6. The fourth-order valence-corrected chi connectivity index (χ4v) is 3.21. The van der Waals surface area contributed by atoms with E-state index in [1.165, 1.54) is 0 Å². The third kappa shape index (κ3) is 2.20. The number of hydrogen-bond acceptors (Lipinski definition) is 4. The molecule has 4 aromatic rings. The number of anilines is 1. The number of nitrogens with one attached hydrogen (secondary N) is 1. The van der Waals surface area contributed by atoms with Crippen molar-refractivity contribution in [3.8, 4) is 22.9 Å². The molecule has 0 aliphatic rings. The summed E-state index contributed by atoms with van der Waals surface area (Å²) in [5, 5.41) is 21.5. The highest BCUT2D eigenvalue weighted by Gasteiger charge is 2.16. The number of nitrogens with zero attached hydrogens (tertiary/aromatic N) is 1. The Labute approximate surface area is 142 Å². The molecule has 0 bridgehead atoms. The molecule has 120 valence electrons. The first-order chi connectivity index (χ1) is 12.1. The predicted octanol–water partition coefficient (Wildman–Crippen LogP) is 3.51. The minimum atomic E-state index is -0.402. The van der Waals surface area contributed by atoms with Crippen LogP contribution < -0.4 is 11.3 Å². The van der Waals surface area contributed by atoms with E-state index in [4.69, 9.17) is 5.73 Å². The van der Waals surface area contributed by atoms with E-state index >= 15 is 0 Å². The van der Waals surface area contributed by atoms with Crippen LogP contribution in [0.3, 0.4) is 0 Å². The summed E-state index contributed by atoms with van der Waals surface area (Å²) in [4.78, 5) is 15.2. The smallest absolute Gasteiger partial charge is 0.272 e. The van der Waals surface area contributed by atoms with E-state index in [1.54, 1.807) is 30.3 Å². The van der Waals surface area contributed by atoms with Gasteiger partial charge in [-0.3, -0.25) is 4.79 Å². The van der Waals surface area contributed by atoms with Gasteiger partial charge in [0.25, 0.3) is 5.56 Å². The number of nitriles is 1. The lowest BCUT2D eigenvalue weighted by molar-refractivity contribution is 0.475. The van der Waals surface area contributed by atoms with Crippen LogP contribution in [0.4, 0.5) is 5.69 Å². The molecular formula is C20H13N3O2. The Hall–Kier alpha value is -3.78. The number of hydrogen-bond donors (Lipinski definition) is 3. The number of phenols is 1. The maximum absolute atomic E-state index is 12.4. The van der Waals surface area contributed by atoms with Crippen LogP contribution in [0.15, 0.2) is 59.4 Å². The SMILES string of the molecule is N#Cc1cc2c(-c3cccc(O)c3)c(N)c(=O)[nH]c2c2ccccc12. The first-order valence-corrected chi connectivity index (χ1v) is 7.67. The summed E-state index contributed by atoms with van der Waals surface area (Å²) in [7, 11) is 0. The summed E-state index contributed by atoms with van der Waals surface area (Å²) in [5.41, 5.74) is 7.95. The van der Waals surface area contributed by atoms with Crippen LogP contribution in [-0.2, 0) is 0 Å². The molecule has 5 nitrogen and oxygen atoms in total. The van der Waals surface area contributed by atoms with Crippen LogP contribution in [0.5, 0.6) is 5.75 Å². The van der Waals surface area contributed by atoms with Gasteiger partial charge in [0.1, 0.15) is 11.4 Å². The van der Waals surface area contributed by atoms with Crippen molar-refractivity contribution in [1.82, 2.24) is 4.98 Å². The monoisotopic (exact) mass is 327 g/mol. The molecule has 0 amide bonds. The van der Waals surface area contributed by atoms with Crippen LogP contribution in [0.2, 0.25) is 0 Å². The van der Waals surface area contributed by atoms with Crippen LogP contribution in [0.1, 0.15) is 5.56 Å². The van der Waals surface area contributed by atoms with Crippen molar-refractivity contribution in [1.29, 1.82) is 5.26 Å². The van der Waals surface area contributed by atoms with Crippen molar-refractivity contribution >= 4 is 27.4 Å². The van der Waals surface area contributed by atoms with Gasteiger partial charge in [0.05, 0.1) is 17.1 Å². The number of fused-ring (bicyclic) bond motifs is 3. The van der Waals surface area contributed by atoms with Gasteiger partial charge < -0.3 is 15.8 Å². The highest BCUT2D eigenvalue weighted by molar-refractivity contribution is 6.13. The minimum Gasteiger partial charge on any atom is -0.508 e. The summed E-state index contributed by atoms with van der Waals surface area (Å²) in [6.45, 7) is 0. The summed E-state index contributed by atoms with van der Waals surface area (Å²) in [5.74, 6) is 0.0756. The summed E-state index contributed by atoms with van der Waals surface area (Å²) in [6, 6.07) is 17.9. The maximum atomic E-state index is 12.4. The van der Waals surface area contributed by atoms with Crippen LogP contribution in [-0.4, -0.2) is 10.1 Å². The Kier molecular flexibility index (Phi) is 3.19. The van der Waals surface area contributed by atoms with Gasteiger partial charge in [0, 0.05) is 21.7 Å². The number of rotatable bonds is 1. The molecule has 5 heteroatoms. The molecule has 0 saturated heterocycles. The molecule has 0 aliphatic heterocycles. The van der Waals surface area contributed by atoms with Gasteiger partial charge in [0.15, 0.2) is 0 Å². The second kappa shape index (κ2) is 5.39. The fraction of sp³-hybridized carbons (Fsp3) is 0. The van der Waals surface area contributed by atoms with Crippen LogP contribution >= 0.6 is 0 Å². The zero-order valence-corrected chi connectivity index (χ0v) is 13.1. The molecule has 0 radical (unpaired) electrons. The van der Waals surface area contributed by atoms with E-state index in [1.807, 2.05) is 24.3 Å². The number of aromatic nitrogens is 1. The largest absolute Gasteiger partial charge is 0.508 e. The molecule has 25 heavy (non-hydrogen) atoms. The van der Waals surface area contributed by atoms with E-state index in [0.29, 0.717) is 27.6 Å². The number of pyridine rings is 1. The van der Waals surface area contributed by atoms with Crippen molar-refractivity contribution in [2.75, 3.05) is 5.73 Å². The Morgan fingerprint density at radius 2 is 1.76 bits per heavy atom. The van der Waals surface area contributed by atoms with Gasteiger partial charge in [-0.05, 0) is 23.8 Å². The lowest BCUT2D eigenvalue weighted by Gasteiger charge is -2.13. The van der Waals surface area contributed by atoms with Gasteiger partial charge in [-0.2, -0.15) is 5.26 Å². The zero-order valence-electron chi connectivity index (χ0n) is 13.1. The van der Waals surface area contributed by atoms with Gasteiger partial charge >= 0.3 is 0 Å². The van der Waals surface area contributed by atoms with E-state index in [9.17, 15) is 15.2 Å². The Morgan fingerprint density at radius 3 is 2.48 bits per heavy atom. The molecule has 0 aliphatic carbocycles. The van der Waals surface area contributed by atoms with Crippen LogP contribution in [0, 0.1) is 11.3 Å². The average Bonchev–Trinajstić information content (AvgIpc) is 2.62. The lowest BCUT2D eigenvalue weighted by Crippen LogP contribution is -2.13. The Bertz CT molecular complexity index is 1250. The van der Waals surface area contributed by atoms with Crippen molar-refractivity contribution in [2.24, 2.45) is 0 Å². The molecule has 4 N–H and O–H groups in total. The maximum Gasteiger partial charge on any atom is 0.272 e. The molecule has 1 aromatic heterocycles. The molecule has 0 atom stereocenters. The number of aromatic amines is 1. The molecular weight excluding hydrogens is 314 g/mol. The first-order valence-electron chi connectivity index (χ1n) is 7.67. The fourth-order valence-electron chi connectivity index (χ4n) is 3.21. The molecule has 0 fully saturated rings. The van der Waals surface area contributed by atoms with Crippen LogP contribution in [0.25, 0.3) is 32.8 Å². The Balaban J connectivity index is 2.27. The number of H-pyrrole nitrogens is 1. The molecule has 0 spiro atoms. The number of nitrogen functional groups attached to an aromatic ring is 1. The molecule has 0 saturated carbocycles. The van der Waals surface area contributed by atoms with E-state index in [2.05, 4.69) is 11.1 Å². The number of phenolic OH excluding ortho intramolecular Hbond substituents is 1. The predicted molar refractivity (Wildman–Crippen MR) is 98.3 cm³/mol. The highest BCUT2D eigenvalue weighted by Crippen LogP contribution is 2.36. The van der Waals surface area contributed by atoms with E-state index < -0.39 is 5.56 Å². The third-order valence-corrected chi connectivity index (χ3v) is 4.32. The average molecular weight is 327 g/mol. The summed E-state index contributed by atoms with van der Waals surface area (Å²) < 4.78 is 0. The summed E-state index contributed by atoms with van der Waals surface area (Å²) >= 11 is 0. The number of benzene rings is 3. The Morgan fingerprint density at radius 1 is 1.00 bits per heavy atom. The first kappa shape index (κ1) is 14.8. The van der Waals surface area contributed by atoms with Gasteiger partial charge in [-0.15, -0.1) is 0 Å². The third-order valence-electron chi connectivity index (χ3n) is 4.32. The molecule has 0 unspecified atom stereocenters. The summed E-state index contributed by atoms with van der Waals surface area (Å²) in [6.07, 6.45) is 0. The quantitative estimate of drug-likeness (QED) is 0.465.